The third-order valence-corrected chi connectivity index (χ3v) is 3.64. The van der Waals surface area contributed by atoms with Crippen molar-refractivity contribution in [2.75, 3.05) is 20.8 Å². The van der Waals surface area contributed by atoms with Crippen LogP contribution in [0.1, 0.15) is 18.5 Å². The smallest absolute Gasteiger partial charge is 0.325 e. The van der Waals surface area contributed by atoms with E-state index in [1.807, 2.05) is 0 Å². The molecule has 1 aliphatic rings. The van der Waals surface area contributed by atoms with Gasteiger partial charge in [0.05, 0.1) is 25.8 Å². The fraction of sp³-hybridized carbons (Fsp3) is 0.312. The fourth-order valence-corrected chi connectivity index (χ4v) is 2.51. The number of aliphatic hydroxyl groups is 1. The average Bonchev–Trinajstić information content (AvgIpc) is 2.79. The molecule has 0 unspecified atom stereocenters. The Morgan fingerprint density at radius 2 is 1.83 bits per heavy atom. The Hall–Kier alpha value is -2.83. The number of nitrogens with zero attached hydrogens (tertiary/aromatic N) is 1. The van der Waals surface area contributed by atoms with Crippen LogP contribution >= 0.6 is 0 Å². The van der Waals surface area contributed by atoms with E-state index in [1.54, 1.807) is 24.3 Å². The Bertz CT molecular complexity index is 676. The van der Waals surface area contributed by atoms with Crippen LogP contribution in [0.4, 0.5) is 0 Å². The molecule has 1 aliphatic heterocycles. The number of carbonyl (C=O) groups excluding carboxylic acids is 3. The third-order valence-electron chi connectivity index (χ3n) is 3.64. The Labute approximate surface area is 133 Å². The van der Waals surface area contributed by atoms with Crippen LogP contribution < -0.4 is 4.74 Å². The fourth-order valence-electron chi connectivity index (χ4n) is 2.51. The van der Waals surface area contributed by atoms with E-state index < -0.39 is 29.5 Å². The standard InChI is InChI=1S/C16H17NO6/c1-9(18)13-14(10-4-6-11(22-2)7-5-10)17(8-12(19)23-3)16(21)15(13)20/h4-7,14,20H,8H2,1-3H3/t14-/m1/s1. The molecule has 23 heavy (non-hydrogen) atoms. The molecular formula is C16H17NO6. The molecule has 1 heterocycles. The van der Waals surface area contributed by atoms with Gasteiger partial charge in [-0.2, -0.15) is 0 Å². The van der Waals surface area contributed by atoms with Crippen molar-refractivity contribution in [3.05, 3.63) is 41.2 Å². The number of benzene rings is 1. The van der Waals surface area contributed by atoms with Gasteiger partial charge in [0, 0.05) is 0 Å². The van der Waals surface area contributed by atoms with Gasteiger partial charge < -0.3 is 19.5 Å². The normalized spacial score (nSPS) is 17.4. The first-order valence-electron chi connectivity index (χ1n) is 6.86. The molecule has 0 saturated carbocycles. The Kier molecular flexibility index (Phi) is 4.68. The second kappa shape index (κ2) is 6.51. The third kappa shape index (κ3) is 3.03. The van der Waals surface area contributed by atoms with Crippen LogP contribution in [0.3, 0.4) is 0 Å². The highest BCUT2D eigenvalue weighted by Crippen LogP contribution is 2.37. The number of rotatable bonds is 5. The molecule has 1 aromatic rings. The van der Waals surface area contributed by atoms with Gasteiger partial charge in [-0.3, -0.25) is 14.4 Å². The summed E-state index contributed by atoms with van der Waals surface area (Å²) in [6, 6.07) is 5.84. The number of aliphatic hydroxyl groups excluding tert-OH is 1. The van der Waals surface area contributed by atoms with Crippen LogP contribution in [0, 0.1) is 0 Å². The highest BCUT2D eigenvalue weighted by atomic mass is 16.5. The first-order chi connectivity index (χ1) is 10.9. The minimum atomic E-state index is -0.843. The lowest BCUT2D eigenvalue weighted by Gasteiger charge is -2.25. The lowest BCUT2D eigenvalue weighted by molar-refractivity contribution is -0.146. The molecule has 0 aromatic heterocycles. The summed E-state index contributed by atoms with van der Waals surface area (Å²) in [5.74, 6) is -1.89. The average molecular weight is 319 g/mol. The van der Waals surface area contributed by atoms with Gasteiger partial charge in [-0.1, -0.05) is 12.1 Å². The van der Waals surface area contributed by atoms with E-state index in [9.17, 15) is 19.5 Å². The topological polar surface area (TPSA) is 93.1 Å². The molecule has 122 valence electrons. The summed E-state index contributed by atoms with van der Waals surface area (Å²) in [5, 5.41) is 10.0. The Balaban J connectivity index is 2.48. The number of esters is 1. The van der Waals surface area contributed by atoms with Gasteiger partial charge in [0.15, 0.2) is 11.5 Å². The number of amides is 1. The molecule has 1 atom stereocenters. The Morgan fingerprint density at radius 1 is 1.22 bits per heavy atom. The van der Waals surface area contributed by atoms with Crippen LogP contribution in [-0.4, -0.2) is 48.4 Å². The highest BCUT2D eigenvalue weighted by Gasteiger charge is 2.43. The van der Waals surface area contributed by atoms with Crippen molar-refractivity contribution in [3.8, 4) is 5.75 Å². The predicted octanol–water partition coefficient (Wildman–Crippen LogP) is 1.15. The van der Waals surface area contributed by atoms with E-state index in [0.717, 1.165) is 4.90 Å². The number of carbonyl (C=O) groups is 3. The van der Waals surface area contributed by atoms with Crippen molar-refractivity contribution >= 4 is 17.7 Å². The maximum absolute atomic E-state index is 12.2. The molecule has 7 heteroatoms. The molecule has 0 aliphatic carbocycles. The summed E-state index contributed by atoms with van der Waals surface area (Å²) in [7, 11) is 2.72. The van der Waals surface area contributed by atoms with Crippen LogP contribution in [0.15, 0.2) is 35.6 Å². The minimum Gasteiger partial charge on any atom is -0.503 e. The number of Topliss-reactive ketones (excluding diaryl/α,β-unsaturated/α-hetero) is 1. The lowest BCUT2D eigenvalue weighted by atomic mass is 9.96. The summed E-state index contributed by atoms with van der Waals surface area (Å²) in [6.07, 6.45) is 0. The number of hydrogen-bond acceptors (Lipinski definition) is 6. The zero-order valence-electron chi connectivity index (χ0n) is 13.0. The number of ketones is 1. The molecule has 0 spiro atoms. The SMILES string of the molecule is COC(=O)CN1C(=O)C(O)=C(C(C)=O)[C@H]1c1ccc(OC)cc1. The van der Waals surface area contributed by atoms with E-state index in [0.29, 0.717) is 11.3 Å². The molecular weight excluding hydrogens is 302 g/mol. The second-order valence-electron chi connectivity index (χ2n) is 5.00. The van der Waals surface area contributed by atoms with Crippen molar-refractivity contribution in [1.82, 2.24) is 4.90 Å². The summed E-state index contributed by atoms with van der Waals surface area (Å²) in [5.41, 5.74) is 0.543. The molecule has 0 radical (unpaired) electrons. The number of hydrogen-bond donors (Lipinski definition) is 1. The van der Waals surface area contributed by atoms with Crippen molar-refractivity contribution in [1.29, 1.82) is 0 Å². The quantitative estimate of drug-likeness (QED) is 0.818. The molecule has 7 nitrogen and oxygen atoms in total. The van der Waals surface area contributed by atoms with Crippen LogP contribution in [-0.2, 0) is 19.1 Å². The van der Waals surface area contributed by atoms with E-state index in [2.05, 4.69) is 4.74 Å². The number of methoxy groups -OCH3 is 2. The molecule has 2 rings (SSSR count). The Morgan fingerprint density at radius 3 is 2.30 bits per heavy atom. The van der Waals surface area contributed by atoms with Crippen molar-refractivity contribution in [2.45, 2.75) is 13.0 Å². The van der Waals surface area contributed by atoms with Gasteiger partial charge in [-0.15, -0.1) is 0 Å². The zero-order chi connectivity index (χ0) is 17.1. The van der Waals surface area contributed by atoms with Gasteiger partial charge in [0.2, 0.25) is 0 Å². The van der Waals surface area contributed by atoms with E-state index in [-0.39, 0.29) is 12.1 Å². The van der Waals surface area contributed by atoms with Crippen LogP contribution in [0.2, 0.25) is 0 Å². The van der Waals surface area contributed by atoms with Gasteiger partial charge >= 0.3 is 5.97 Å². The van der Waals surface area contributed by atoms with Gasteiger partial charge in [-0.05, 0) is 24.6 Å². The summed E-state index contributed by atoms with van der Waals surface area (Å²) in [6.45, 7) is 0.893. The second-order valence-corrected chi connectivity index (χ2v) is 5.00. The monoisotopic (exact) mass is 319 g/mol. The molecule has 1 aromatic carbocycles. The molecule has 0 bridgehead atoms. The van der Waals surface area contributed by atoms with Gasteiger partial charge in [0.25, 0.3) is 5.91 Å². The van der Waals surface area contributed by atoms with Crippen molar-refractivity contribution < 1.29 is 29.0 Å². The summed E-state index contributed by atoms with van der Waals surface area (Å²) in [4.78, 5) is 36.7. The number of ether oxygens (including phenoxy) is 2. The molecule has 1 N–H and O–H groups in total. The van der Waals surface area contributed by atoms with Gasteiger partial charge in [-0.25, -0.2) is 0 Å². The molecule has 0 fully saturated rings. The first kappa shape index (κ1) is 16.5. The summed E-state index contributed by atoms with van der Waals surface area (Å²) >= 11 is 0. The largest absolute Gasteiger partial charge is 0.503 e. The van der Waals surface area contributed by atoms with Crippen LogP contribution in [0.5, 0.6) is 5.75 Å². The predicted molar refractivity (Wildman–Crippen MR) is 79.8 cm³/mol. The first-order valence-corrected chi connectivity index (χ1v) is 6.86. The maximum atomic E-state index is 12.2. The lowest BCUT2D eigenvalue weighted by Crippen LogP contribution is -2.36. The van der Waals surface area contributed by atoms with E-state index in [1.165, 1.54) is 21.1 Å². The van der Waals surface area contributed by atoms with E-state index >= 15 is 0 Å². The minimum absolute atomic E-state index is 0.0379. The summed E-state index contributed by atoms with van der Waals surface area (Å²) < 4.78 is 9.65. The maximum Gasteiger partial charge on any atom is 0.325 e. The van der Waals surface area contributed by atoms with E-state index in [4.69, 9.17) is 4.74 Å². The molecule has 0 saturated heterocycles. The van der Waals surface area contributed by atoms with Crippen molar-refractivity contribution in [2.24, 2.45) is 0 Å². The van der Waals surface area contributed by atoms with Crippen LogP contribution in [0.25, 0.3) is 0 Å². The van der Waals surface area contributed by atoms with Crippen molar-refractivity contribution in [3.63, 3.8) is 0 Å². The molecule has 1 amide bonds. The van der Waals surface area contributed by atoms with Gasteiger partial charge in [0.1, 0.15) is 12.3 Å². The zero-order valence-corrected chi connectivity index (χ0v) is 13.0. The highest BCUT2D eigenvalue weighted by molar-refractivity contribution is 6.08.